The second kappa shape index (κ2) is 3.65. The average molecular weight is 191 g/mol. The number of hydrogen-bond acceptors (Lipinski definition) is 3. The highest BCUT2D eigenvalue weighted by Crippen LogP contribution is 2.17. The second-order valence-corrected chi connectivity index (χ2v) is 4.35. The molecule has 0 saturated heterocycles. The van der Waals surface area contributed by atoms with E-state index >= 15 is 0 Å². The fourth-order valence-electron chi connectivity index (χ4n) is 1.86. The molecule has 0 bridgehead atoms. The standard InChI is InChI=1S/C11H17N3/c1-7(2)4-11-13-8(3)9-5-12-6-10(9)14-11/h7,12H,4-6H2,1-3H3. The quantitative estimate of drug-likeness (QED) is 0.771. The van der Waals surface area contributed by atoms with Crippen molar-refractivity contribution < 1.29 is 0 Å². The van der Waals surface area contributed by atoms with E-state index < -0.39 is 0 Å². The molecule has 0 fully saturated rings. The molecule has 76 valence electrons. The van der Waals surface area contributed by atoms with Crippen LogP contribution < -0.4 is 5.32 Å². The summed E-state index contributed by atoms with van der Waals surface area (Å²) in [5.74, 6) is 1.63. The minimum atomic E-state index is 0.627. The summed E-state index contributed by atoms with van der Waals surface area (Å²) >= 11 is 0. The largest absolute Gasteiger partial charge is 0.307 e. The third-order valence-electron chi connectivity index (χ3n) is 2.53. The number of aromatic nitrogens is 2. The van der Waals surface area contributed by atoms with E-state index in [2.05, 4.69) is 36.1 Å². The van der Waals surface area contributed by atoms with E-state index in [0.29, 0.717) is 5.92 Å². The predicted octanol–water partition coefficient (Wildman–Crippen LogP) is 1.59. The third kappa shape index (κ3) is 1.77. The molecule has 3 heteroatoms. The molecule has 2 rings (SSSR count). The van der Waals surface area contributed by atoms with E-state index in [1.54, 1.807) is 0 Å². The van der Waals surface area contributed by atoms with Crippen molar-refractivity contribution in [1.82, 2.24) is 15.3 Å². The molecule has 1 aromatic heterocycles. The fourth-order valence-corrected chi connectivity index (χ4v) is 1.86. The van der Waals surface area contributed by atoms with Gasteiger partial charge in [-0.15, -0.1) is 0 Å². The lowest BCUT2D eigenvalue weighted by atomic mass is 10.1. The van der Waals surface area contributed by atoms with Gasteiger partial charge in [-0.3, -0.25) is 0 Å². The van der Waals surface area contributed by atoms with Gasteiger partial charge in [0.15, 0.2) is 0 Å². The topological polar surface area (TPSA) is 37.8 Å². The van der Waals surface area contributed by atoms with Gasteiger partial charge in [-0.05, 0) is 12.8 Å². The van der Waals surface area contributed by atoms with Gasteiger partial charge in [0.05, 0.1) is 5.69 Å². The van der Waals surface area contributed by atoms with Crippen LogP contribution in [0.3, 0.4) is 0 Å². The Kier molecular flexibility index (Phi) is 2.50. The van der Waals surface area contributed by atoms with E-state index in [9.17, 15) is 0 Å². The van der Waals surface area contributed by atoms with Gasteiger partial charge in [0.1, 0.15) is 5.82 Å². The van der Waals surface area contributed by atoms with Gasteiger partial charge < -0.3 is 5.32 Å². The van der Waals surface area contributed by atoms with Crippen LogP contribution in [0.4, 0.5) is 0 Å². The van der Waals surface area contributed by atoms with E-state index in [1.165, 1.54) is 11.3 Å². The van der Waals surface area contributed by atoms with Crippen molar-refractivity contribution in [1.29, 1.82) is 0 Å². The molecule has 0 amide bonds. The first kappa shape index (κ1) is 9.59. The van der Waals surface area contributed by atoms with E-state index in [4.69, 9.17) is 0 Å². The molecule has 1 aromatic rings. The van der Waals surface area contributed by atoms with Crippen LogP contribution in [0.1, 0.15) is 36.6 Å². The van der Waals surface area contributed by atoms with E-state index in [-0.39, 0.29) is 0 Å². The Labute approximate surface area is 85.0 Å². The molecule has 1 N–H and O–H groups in total. The number of hydrogen-bond donors (Lipinski definition) is 1. The number of nitrogens with one attached hydrogen (secondary N) is 1. The maximum Gasteiger partial charge on any atom is 0.129 e. The summed E-state index contributed by atoms with van der Waals surface area (Å²) < 4.78 is 0. The van der Waals surface area contributed by atoms with Crippen LogP contribution in [-0.2, 0) is 19.5 Å². The molecular formula is C11H17N3. The predicted molar refractivity (Wildman–Crippen MR) is 55.9 cm³/mol. The fraction of sp³-hybridized carbons (Fsp3) is 0.636. The number of nitrogens with zero attached hydrogens (tertiary/aromatic N) is 2. The molecule has 3 nitrogen and oxygen atoms in total. The Morgan fingerprint density at radius 1 is 1.29 bits per heavy atom. The summed E-state index contributed by atoms with van der Waals surface area (Å²) in [7, 11) is 0. The Bertz CT molecular complexity index is 345. The van der Waals surface area contributed by atoms with Crippen molar-refractivity contribution in [3.8, 4) is 0 Å². The zero-order chi connectivity index (χ0) is 10.1. The van der Waals surface area contributed by atoms with Gasteiger partial charge in [0, 0.05) is 30.8 Å². The maximum atomic E-state index is 4.58. The van der Waals surface area contributed by atoms with Crippen molar-refractivity contribution in [2.75, 3.05) is 0 Å². The third-order valence-corrected chi connectivity index (χ3v) is 2.53. The molecule has 1 aliphatic heterocycles. The first-order valence-electron chi connectivity index (χ1n) is 5.23. The molecule has 0 atom stereocenters. The monoisotopic (exact) mass is 191 g/mol. The lowest BCUT2D eigenvalue weighted by Gasteiger charge is -2.07. The zero-order valence-corrected chi connectivity index (χ0v) is 9.09. The summed E-state index contributed by atoms with van der Waals surface area (Å²) in [5.41, 5.74) is 3.65. The maximum absolute atomic E-state index is 4.58. The lowest BCUT2D eigenvalue weighted by Crippen LogP contribution is -2.06. The number of fused-ring (bicyclic) bond motifs is 1. The van der Waals surface area contributed by atoms with E-state index in [1.807, 2.05) is 0 Å². The van der Waals surface area contributed by atoms with Gasteiger partial charge in [-0.1, -0.05) is 13.8 Å². The highest BCUT2D eigenvalue weighted by atomic mass is 15.0. The molecule has 0 saturated carbocycles. The molecule has 0 radical (unpaired) electrons. The molecular weight excluding hydrogens is 174 g/mol. The second-order valence-electron chi connectivity index (χ2n) is 4.35. The molecule has 0 aromatic carbocycles. The molecule has 0 unspecified atom stereocenters. The summed E-state index contributed by atoms with van der Waals surface area (Å²) in [4.78, 5) is 9.11. The molecule has 0 aliphatic carbocycles. The average Bonchev–Trinajstić information content (AvgIpc) is 2.50. The Balaban J connectivity index is 2.32. The van der Waals surface area contributed by atoms with Crippen LogP contribution in [0.15, 0.2) is 0 Å². The Morgan fingerprint density at radius 2 is 2.07 bits per heavy atom. The summed E-state index contributed by atoms with van der Waals surface area (Å²) in [6.07, 6.45) is 0.980. The van der Waals surface area contributed by atoms with Gasteiger partial charge in [-0.25, -0.2) is 9.97 Å². The minimum Gasteiger partial charge on any atom is -0.307 e. The van der Waals surface area contributed by atoms with Crippen LogP contribution >= 0.6 is 0 Å². The van der Waals surface area contributed by atoms with Crippen molar-refractivity contribution in [2.24, 2.45) is 5.92 Å². The summed E-state index contributed by atoms with van der Waals surface area (Å²) in [6, 6.07) is 0. The Hall–Kier alpha value is -0.960. The molecule has 1 aliphatic rings. The van der Waals surface area contributed by atoms with Crippen molar-refractivity contribution >= 4 is 0 Å². The smallest absolute Gasteiger partial charge is 0.129 e. The van der Waals surface area contributed by atoms with Gasteiger partial charge in [0.2, 0.25) is 0 Å². The van der Waals surface area contributed by atoms with Gasteiger partial charge in [-0.2, -0.15) is 0 Å². The molecule has 0 spiro atoms. The van der Waals surface area contributed by atoms with Crippen LogP contribution in [0.25, 0.3) is 0 Å². The molecule has 14 heavy (non-hydrogen) atoms. The summed E-state index contributed by atoms with van der Waals surface area (Å²) in [6.45, 7) is 8.32. The van der Waals surface area contributed by atoms with Crippen LogP contribution in [0.2, 0.25) is 0 Å². The van der Waals surface area contributed by atoms with Crippen molar-refractivity contribution in [3.05, 3.63) is 22.8 Å². The zero-order valence-electron chi connectivity index (χ0n) is 9.09. The molecule has 2 heterocycles. The highest BCUT2D eigenvalue weighted by molar-refractivity contribution is 5.28. The van der Waals surface area contributed by atoms with Gasteiger partial charge >= 0.3 is 0 Å². The van der Waals surface area contributed by atoms with Gasteiger partial charge in [0.25, 0.3) is 0 Å². The van der Waals surface area contributed by atoms with Crippen LogP contribution in [0.5, 0.6) is 0 Å². The van der Waals surface area contributed by atoms with E-state index in [0.717, 1.165) is 31.0 Å². The van der Waals surface area contributed by atoms with Crippen LogP contribution in [-0.4, -0.2) is 9.97 Å². The first-order chi connectivity index (χ1) is 6.66. The summed E-state index contributed by atoms with van der Waals surface area (Å²) in [5, 5.41) is 3.31. The number of aryl methyl sites for hydroxylation is 1. The SMILES string of the molecule is Cc1nc(CC(C)C)nc2c1CNC2. The van der Waals surface area contributed by atoms with Crippen molar-refractivity contribution in [2.45, 2.75) is 40.3 Å². The normalized spacial score (nSPS) is 14.9. The first-order valence-corrected chi connectivity index (χ1v) is 5.23. The minimum absolute atomic E-state index is 0.627. The van der Waals surface area contributed by atoms with Crippen molar-refractivity contribution in [3.63, 3.8) is 0 Å². The lowest BCUT2D eigenvalue weighted by molar-refractivity contribution is 0.615. The van der Waals surface area contributed by atoms with Crippen LogP contribution in [0, 0.1) is 12.8 Å². The Morgan fingerprint density at radius 3 is 2.79 bits per heavy atom. The number of rotatable bonds is 2. The highest BCUT2D eigenvalue weighted by Gasteiger charge is 2.16.